The lowest BCUT2D eigenvalue weighted by molar-refractivity contribution is -0.127. The molecule has 2 heterocycles. The maximum Gasteiger partial charge on any atom is 0.325 e. The van der Waals surface area contributed by atoms with Crippen LogP contribution in [0.4, 0.5) is 4.79 Å². The molecule has 1 N–H and O–H groups in total. The van der Waals surface area contributed by atoms with Gasteiger partial charge in [-0.05, 0) is 38.7 Å². The van der Waals surface area contributed by atoms with Crippen molar-refractivity contribution < 1.29 is 14.4 Å². The monoisotopic (exact) mass is 333 g/mol. The molecule has 0 radical (unpaired) electrons. The highest BCUT2D eigenvalue weighted by molar-refractivity contribution is 6.09. The summed E-state index contributed by atoms with van der Waals surface area (Å²) in [5.74, 6) is -0.202. The number of ketones is 1. The Morgan fingerprint density at radius 3 is 2.54 bits per heavy atom. The average Bonchev–Trinajstić information content (AvgIpc) is 2.92. The van der Waals surface area contributed by atoms with Gasteiger partial charge in [-0.1, -0.05) is 20.8 Å². The summed E-state index contributed by atoms with van der Waals surface area (Å²) >= 11 is 0. The number of amides is 3. The first-order chi connectivity index (χ1) is 11.3. The molecule has 6 heteroatoms. The fourth-order valence-corrected chi connectivity index (χ4v) is 3.24. The summed E-state index contributed by atoms with van der Waals surface area (Å²) in [4.78, 5) is 38.1. The minimum atomic E-state index is -0.516. The summed E-state index contributed by atoms with van der Waals surface area (Å²) in [5, 5.41) is 2.67. The standard InChI is InChI=1S/C18H27N3O3/c1-6-7-20-12(4)9-14(13(20)5)16(22)10-21-17(23)15(8-11(2)3)19-18(21)24/h9,11,15H,6-8,10H2,1-5H3,(H,19,24). The van der Waals surface area contributed by atoms with Crippen LogP contribution >= 0.6 is 0 Å². The molecule has 0 bridgehead atoms. The van der Waals surface area contributed by atoms with E-state index in [2.05, 4.69) is 16.8 Å². The zero-order chi connectivity index (χ0) is 18.0. The Labute approximate surface area is 143 Å². The highest BCUT2D eigenvalue weighted by Crippen LogP contribution is 2.19. The van der Waals surface area contributed by atoms with Gasteiger partial charge in [0.2, 0.25) is 0 Å². The lowest BCUT2D eigenvalue weighted by atomic mass is 10.0. The number of urea groups is 1. The van der Waals surface area contributed by atoms with E-state index >= 15 is 0 Å². The third kappa shape index (κ3) is 3.52. The van der Waals surface area contributed by atoms with Crippen LogP contribution in [-0.2, 0) is 11.3 Å². The summed E-state index contributed by atoms with van der Waals surface area (Å²) in [6, 6.07) is 0.858. The molecular weight excluding hydrogens is 306 g/mol. The van der Waals surface area contributed by atoms with Gasteiger partial charge in [-0.25, -0.2) is 4.79 Å². The zero-order valence-corrected chi connectivity index (χ0v) is 15.2. The van der Waals surface area contributed by atoms with Gasteiger partial charge in [0.1, 0.15) is 6.04 Å². The highest BCUT2D eigenvalue weighted by Gasteiger charge is 2.39. The van der Waals surface area contributed by atoms with Crippen molar-refractivity contribution in [2.45, 2.75) is 60.0 Å². The molecule has 1 atom stereocenters. The first kappa shape index (κ1) is 18.2. The van der Waals surface area contributed by atoms with E-state index < -0.39 is 12.1 Å². The van der Waals surface area contributed by atoms with Crippen molar-refractivity contribution in [1.82, 2.24) is 14.8 Å². The number of aromatic nitrogens is 1. The zero-order valence-electron chi connectivity index (χ0n) is 15.2. The molecule has 6 nitrogen and oxygen atoms in total. The van der Waals surface area contributed by atoms with Gasteiger partial charge in [0, 0.05) is 23.5 Å². The lowest BCUT2D eigenvalue weighted by Gasteiger charge is -2.13. The molecule has 0 spiro atoms. The number of imide groups is 1. The Hall–Kier alpha value is -2.11. The fourth-order valence-electron chi connectivity index (χ4n) is 3.24. The normalized spacial score (nSPS) is 17.8. The third-order valence-electron chi connectivity index (χ3n) is 4.44. The van der Waals surface area contributed by atoms with Crippen molar-refractivity contribution in [3.05, 3.63) is 23.0 Å². The fraction of sp³-hybridized carbons (Fsp3) is 0.611. The van der Waals surface area contributed by atoms with Crippen LogP contribution < -0.4 is 5.32 Å². The Kier molecular flexibility index (Phi) is 5.47. The van der Waals surface area contributed by atoms with Gasteiger partial charge in [0.25, 0.3) is 5.91 Å². The SMILES string of the molecule is CCCn1c(C)cc(C(=O)CN2C(=O)NC(CC(C)C)C2=O)c1C. The van der Waals surface area contributed by atoms with Crippen LogP contribution in [0.1, 0.15) is 55.4 Å². The predicted molar refractivity (Wildman–Crippen MR) is 92.0 cm³/mol. The van der Waals surface area contributed by atoms with Gasteiger partial charge in [-0.3, -0.25) is 14.5 Å². The lowest BCUT2D eigenvalue weighted by Crippen LogP contribution is -2.36. The van der Waals surface area contributed by atoms with Crippen molar-refractivity contribution in [3.8, 4) is 0 Å². The molecule has 3 amide bonds. The van der Waals surface area contributed by atoms with E-state index in [0.29, 0.717) is 17.9 Å². The van der Waals surface area contributed by atoms with Gasteiger partial charge in [-0.2, -0.15) is 0 Å². The van der Waals surface area contributed by atoms with Crippen LogP contribution in [0.3, 0.4) is 0 Å². The van der Waals surface area contributed by atoms with Gasteiger partial charge >= 0.3 is 6.03 Å². The van der Waals surface area contributed by atoms with E-state index in [1.807, 2.05) is 33.8 Å². The van der Waals surface area contributed by atoms with Crippen LogP contribution in [-0.4, -0.2) is 39.8 Å². The minimum absolute atomic E-state index is 0.195. The number of carbonyl (C=O) groups excluding carboxylic acids is 3. The van der Waals surface area contributed by atoms with E-state index in [0.717, 1.165) is 29.3 Å². The second-order valence-corrected chi connectivity index (χ2v) is 6.92. The minimum Gasteiger partial charge on any atom is -0.348 e. The molecule has 24 heavy (non-hydrogen) atoms. The van der Waals surface area contributed by atoms with Crippen LogP contribution in [0.5, 0.6) is 0 Å². The number of aryl methyl sites for hydroxylation is 1. The largest absolute Gasteiger partial charge is 0.348 e. The second-order valence-electron chi connectivity index (χ2n) is 6.92. The van der Waals surface area contributed by atoms with E-state index in [-0.39, 0.29) is 18.2 Å². The Bertz CT molecular complexity index is 661. The van der Waals surface area contributed by atoms with Gasteiger partial charge in [-0.15, -0.1) is 0 Å². The van der Waals surface area contributed by atoms with Crippen molar-refractivity contribution >= 4 is 17.7 Å². The van der Waals surface area contributed by atoms with Crippen molar-refractivity contribution in [3.63, 3.8) is 0 Å². The third-order valence-corrected chi connectivity index (χ3v) is 4.44. The number of nitrogens with zero attached hydrogens (tertiary/aromatic N) is 2. The van der Waals surface area contributed by atoms with Crippen LogP contribution in [0.15, 0.2) is 6.07 Å². The van der Waals surface area contributed by atoms with Crippen LogP contribution in [0.2, 0.25) is 0 Å². The van der Waals surface area contributed by atoms with Gasteiger partial charge in [0.05, 0.1) is 6.54 Å². The molecule has 0 aliphatic carbocycles. The molecule has 2 rings (SSSR count). The van der Waals surface area contributed by atoms with Crippen molar-refractivity contribution in [2.75, 3.05) is 6.54 Å². The molecule has 1 aromatic heterocycles. The molecular formula is C18H27N3O3. The first-order valence-electron chi connectivity index (χ1n) is 8.58. The number of hydrogen-bond donors (Lipinski definition) is 1. The highest BCUT2D eigenvalue weighted by atomic mass is 16.2. The number of carbonyl (C=O) groups is 3. The summed E-state index contributed by atoms with van der Waals surface area (Å²) in [7, 11) is 0. The quantitative estimate of drug-likeness (QED) is 0.616. The van der Waals surface area contributed by atoms with Gasteiger partial charge in [0.15, 0.2) is 5.78 Å². The maximum atomic E-state index is 12.6. The maximum absolute atomic E-state index is 12.6. The van der Waals surface area contributed by atoms with E-state index in [9.17, 15) is 14.4 Å². The summed E-state index contributed by atoms with van der Waals surface area (Å²) in [6.45, 7) is 10.6. The molecule has 0 aromatic carbocycles. The Morgan fingerprint density at radius 1 is 1.29 bits per heavy atom. The molecule has 0 saturated carbocycles. The van der Waals surface area contributed by atoms with E-state index in [4.69, 9.17) is 0 Å². The van der Waals surface area contributed by atoms with E-state index in [1.165, 1.54) is 0 Å². The summed E-state index contributed by atoms with van der Waals surface area (Å²) in [6.07, 6.45) is 1.56. The number of rotatable bonds is 7. The summed E-state index contributed by atoms with van der Waals surface area (Å²) < 4.78 is 2.10. The topological polar surface area (TPSA) is 71.4 Å². The molecule has 1 aromatic rings. The Morgan fingerprint density at radius 2 is 1.96 bits per heavy atom. The van der Waals surface area contributed by atoms with Crippen LogP contribution in [0, 0.1) is 19.8 Å². The number of hydrogen-bond acceptors (Lipinski definition) is 3. The van der Waals surface area contributed by atoms with Crippen molar-refractivity contribution in [1.29, 1.82) is 0 Å². The van der Waals surface area contributed by atoms with Crippen molar-refractivity contribution in [2.24, 2.45) is 5.92 Å². The second kappa shape index (κ2) is 7.20. The molecule has 1 aliphatic rings. The molecule has 1 saturated heterocycles. The first-order valence-corrected chi connectivity index (χ1v) is 8.58. The van der Waals surface area contributed by atoms with Gasteiger partial charge < -0.3 is 9.88 Å². The molecule has 1 aliphatic heterocycles. The summed E-state index contributed by atoms with van der Waals surface area (Å²) in [5.41, 5.74) is 2.51. The molecule has 1 unspecified atom stereocenters. The van der Waals surface area contributed by atoms with Crippen LogP contribution in [0.25, 0.3) is 0 Å². The number of Topliss-reactive ketones (excluding diaryl/α,β-unsaturated/α-hetero) is 1. The number of nitrogens with one attached hydrogen (secondary N) is 1. The van der Waals surface area contributed by atoms with E-state index in [1.54, 1.807) is 0 Å². The molecule has 1 fully saturated rings. The Balaban J connectivity index is 2.14. The average molecular weight is 333 g/mol. The predicted octanol–water partition coefficient (Wildman–Crippen LogP) is 2.66. The molecule has 132 valence electrons. The smallest absolute Gasteiger partial charge is 0.325 e.